The van der Waals surface area contributed by atoms with E-state index >= 15 is 0 Å². The summed E-state index contributed by atoms with van der Waals surface area (Å²) in [6, 6.07) is 0. The molecule has 0 spiro atoms. The van der Waals surface area contributed by atoms with Crippen LogP contribution in [0, 0.1) is 0 Å². The quantitative estimate of drug-likeness (QED) is 0.0239. The Morgan fingerprint density at radius 2 is 1.00 bits per heavy atom. The van der Waals surface area contributed by atoms with Gasteiger partial charge in [-0.2, -0.15) is 0 Å². The van der Waals surface area contributed by atoms with Crippen LogP contribution in [-0.4, -0.2) is 66.3 Å². The Labute approximate surface area is 332 Å². The van der Waals surface area contributed by atoms with Gasteiger partial charge in [0.15, 0.2) is 0 Å². The second-order valence-corrected chi connectivity index (χ2v) is 16.5. The van der Waals surface area contributed by atoms with E-state index in [9.17, 15) is 19.4 Å². The molecule has 0 bridgehead atoms. The Morgan fingerprint density at radius 1 is 0.574 bits per heavy atom. The number of phosphoric ester groups is 1. The number of esters is 1. The molecule has 3 unspecified atom stereocenters. The number of rotatable bonds is 43. The number of carbonyl (C=O) groups is 1. The van der Waals surface area contributed by atoms with Crippen molar-refractivity contribution in [2.45, 2.75) is 219 Å². The van der Waals surface area contributed by atoms with E-state index in [0.717, 1.165) is 44.9 Å². The van der Waals surface area contributed by atoms with Crippen LogP contribution < -0.4 is 0 Å². The molecule has 0 amide bonds. The zero-order valence-electron chi connectivity index (χ0n) is 35.0. The van der Waals surface area contributed by atoms with Crippen molar-refractivity contribution < 1.29 is 43.0 Å². The molecule has 0 aliphatic heterocycles. The molecule has 0 heterocycles. The van der Waals surface area contributed by atoms with Crippen molar-refractivity contribution in [1.29, 1.82) is 0 Å². The monoisotopic (exact) mass is 789 g/mol. The molecule has 320 valence electrons. The number of aliphatic hydroxyl groups is 2. The van der Waals surface area contributed by atoms with Crippen molar-refractivity contribution in [2.24, 2.45) is 0 Å². The minimum atomic E-state index is -4.51. The second kappa shape index (κ2) is 41.6. The van der Waals surface area contributed by atoms with Gasteiger partial charge in [-0.15, -0.1) is 0 Å². The fourth-order valence-corrected chi connectivity index (χ4v) is 7.00. The van der Waals surface area contributed by atoms with Crippen LogP contribution in [0.1, 0.15) is 206 Å². The number of hydrogen-bond donors (Lipinski definition) is 3. The highest BCUT2D eigenvalue weighted by Gasteiger charge is 2.26. The minimum Gasteiger partial charge on any atom is -0.457 e. The molecule has 0 fully saturated rings. The molecule has 3 atom stereocenters. The third-order valence-corrected chi connectivity index (χ3v) is 10.6. The third kappa shape index (κ3) is 40.6. The summed E-state index contributed by atoms with van der Waals surface area (Å²) in [5.41, 5.74) is 0. The van der Waals surface area contributed by atoms with E-state index in [1.54, 1.807) is 0 Å². The molecule has 0 aliphatic carbocycles. The van der Waals surface area contributed by atoms with Gasteiger partial charge >= 0.3 is 13.8 Å². The second-order valence-electron chi connectivity index (χ2n) is 15.1. The van der Waals surface area contributed by atoms with Crippen molar-refractivity contribution in [2.75, 3.05) is 33.0 Å². The predicted octanol–water partition coefficient (Wildman–Crippen LogP) is 12.3. The van der Waals surface area contributed by atoms with Crippen molar-refractivity contribution in [3.63, 3.8) is 0 Å². The summed E-state index contributed by atoms with van der Waals surface area (Å²) in [7, 11) is -4.51. The molecule has 0 aliphatic rings. The van der Waals surface area contributed by atoms with Gasteiger partial charge in [0.1, 0.15) is 12.2 Å². The Kier molecular flexibility index (Phi) is 40.8. The zero-order chi connectivity index (χ0) is 39.6. The topological polar surface area (TPSA) is 132 Å². The Morgan fingerprint density at radius 3 is 1.48 bits per heavy atom. The SMILES string of the molecule is CCCCCCC/C=C\C/C=C\CCCCCCCCCCCCCCOCC(COP(=O)(O)OCC(O)CO)OC(=O)CCCCCCCCCCC. The lowest BCUT2D eigenvalue weighted by Gasteiger charge is -2.20. The number of allylic oxidation sites excluding steroid dienone is 4. The standard InChI is InChI=1S/C44H85O9P/c1-3-5-7-9-11-13-14-15-16-17-18-19-20-21-22-23-24-25-26-27-29-31-33-35-37-50-40-43(41-52-54(48,49)51-39-42(46)38-45)53-44(47)36-34-32-30-28-12-10-8-6-4-2/h14-15,17-18,42-43,45-46H,3-13,16,19-41H2,1-2H3,(H,48,49)/b15-14-,18-17-. The third-order valence-electron chi connectivity index (χ3n) is 9.64. The van der Waals surface area contributed by atoms with Crippen LogP contribution in [0.4, 0.5) is 0 Å². The van der Waals surface area contributed by atoms with Gasteiger partial charge in [0, 0.05) is 13.0 Å². The molecule has 3 N–H and O–H groups in total. The van der Waals surface area contributed by atoms with Gasteiger partial charge in [-0.05, 0) is 44.9 Å². The normalized spacial score (nSPS) is 14.2. The molecule has 0 rings (SSSR count). The summed E-state index contributed by atoms with van der Waals surface area (Å²) in [4.78, 5) is 22.5. The van der Waals surface area contributed by atoms with Crippen LogP contribution in [0.25, 0.3) is 0 Å². The number of phosphoric acid groups is 1. The minimum absolute atomic E-state index is 0.0520. The summed E-state index contributed by atoms with van der Waals surface area (Å²) in [6.45, 7) is 3.50. The number of carbonyl (C=O) groups excluding carboxylic acids is 1. The molecule has 0 saturated carbocycles. The number of aliphatic hydroxyl groups excluding tert-OH is 2. The Hall–Kier alpha value is -1.06. The fourth-order valence-electron chi connectivity index (χ4n) is 6.21. The molecule has 0 radical (unpaired) electrons. The largest absolute Gasteiger partial charge is 0.472 e. The fraction of sp³-hybridized carbons (Fsp3) is 0.886. The first-order valence-corrected chi connectivity index (χ1v) is 23.8. The van der Waals surface area contributed by atoms with E-state index < -0.39 is 33.2 Å². The summed E-state index contributed by atoms with van der Waals surface area (Å²) < 4.78 is 33.3. The van der Waals surface area contributed by atoms with E-state index in [-0.39, 0.29) is 25.6 Å². The lowest BCUT2D eigenvalue weighted by atomic mass is 10.0. The first kappa shape index (κ1) is 52.9. The summed E-state index contributed by atoms with van der Waals surface area (Å²) in [5.74, 6) is -0.384. The lowest BCUT2D eigenvalue weighted by Crippen LogP contribution is -2.29. The van der Waals surface area contributed by atoms with Gasteiger partial charge in [-0.3, -0.25) is 13.8 Å². The van der Waals surface area contributed by atoms with E-state index in [1.165, 1.54) is 141 Å². The van der Waals surface area contributed by atoms with Gasteiger partial charge in [0.2, 0.25) is 0 Å². The van der Waals surface area contributed by atoms with Crippen LogP contribution >= 0.6 is 7.82 Å². The average Bonchev–Trinajstić information content (AvgIpc) is 3.16. The van der Waals surface area contributed by atoms with Crippen LogP contribution in [0.5, 0.6) is 0 Å². The van der Waals surface area contributed by atoms with Crippen molar-refractivity contribution >= 4 is 13.8 Å². The maximum Gasteiger partial charge on any atom is 0.472 e. The molecular weight excluding hydrogens is 703 g/mol. The average molecular weight is 789 g/mol. The van der Waals surface area contributed by atoms with Gasteiger partial charge < -0.3 is 24.6 Å². The zero-order valence-corrected chi connectivity index (χ0v) is 35.8. The molecule has 54 heavy (non-hydrogen) atoms. The van der Waals surface area contributed by atoms with E-state index in [0.29, 0.717) is 6.61 Å². The summed E-state index contributed by atoms with van der Waals surface area (Å²) in [6.07, 6.45) is 43.0. The molecule has 9 nitrogen and oxygen atoms in total. The van der Waals surface area contributed by atoms with Crippen LogP contribution in [0.15, 0.2) is 24.3 Å². The molecular formula is C44H85O9P. The van der Waals surface area contributed by atoms with E-state index in [2.05, 4.69) is 38.2 Å². The number of ether oxygens (including phenoxy) is 2. The maximum absolute atomic E-state index is 12.5. The predicted molar refractivity (Wildman–Crippen MR) is 224 cm³/mol. The van der Waals surface area contributed by atoms with Crippen molar-refractivity contribution in [3.05, 3.63) is 24.3 Å². The Balaban J connectivity index is 3.98. The highest BCUT2D eigenvalue weighted by Crippen LogP contribution is 2.43. The van der Waals surface area contributed by atoms with Gasteiger partial charge in [-0.25, -0.2) is 4.57 Å². The lowest BCUT2D eigenvalue weighted by molar-refractivity contribution is -0.154. The number of unbranched alkanes of at least 4 members (excludes halogenated alkanes) is 25. The van der Waals surface area contributed by atoms with Crippen molar-refractivity contribution in [1.82, 2.24) is 0 Å². The first-order valence-electron chi connectivity index (χ1n) is 22.3. The van der Waals surface area contributed by atoms with Crippen LogP contribution in [-0.2, 0) is 27.9 Å². The molecule has 10 heteroatoms. The highest BCUT2D eigenvalue weighted by atomic mass is 31.2. The summed E-state index contributed by atoms with van der Waals surface area (Å²) in [5, 5.41) is 18.3. The van der Waals surface area contributed by atoms with Gasteiger partial charge in [0.25, 0.3) is 0 Å². The maximum atomic E-state index is 12.5. The molecule has 0 saturated heterocycles. The molecule has 0 aromatic carbocycles. The van der Waals surface area contributed by atoms with E-state index in [1.807, 2.05) is 0 Å². The highest BCUT2D eigenvalue weighted by molar-refractivity contribution is 7.47. The van der Waals surface area contributed by atoms with Crippen LogP contribution in [0.2, 0.25) is 0 Å². The summed E-state index contributed by atoms with van der Waals surface area (Å²) >= 11 is 0. The molecule has 0 aromatic rings. The van der Waals surface area contributed by atoms with E-state index in [4.69, 9.17) is 23.6 Å². The number of hydrogen-bond acceptors (Lipinski definition) is 8. The van der Waals surface area contributed by atoms with Crippen molar-refractivity contribution in [3.8, 4) is 0 Å². The van der Waals surface area contributed by atoms with Crippen LogP contribution in [0.3, 0.4) is 0 Å². The molecule has 0 aromatic heterocycles. The van der Waals surface area contributed by atoms with Gasteiger partial charge in [0.05, 0.1) is 26.4 Å². The van der Waals surface area contributed by atoms with Gasteiger partial charge in [-0.1, -0.05) is 179 Å². The smallest absolute Gasteiger partial charge is 0.457 e. The Bertz CT molecular complexity index is 897. The first-order chi connectivity index (χ1) is 26.3.